The fourth-order valence-corrected chi connectivity index (χ4v) is 3.47. The molecule has 0 spiro atoms. The zero-order chi connectivity index (χ0) is 20.3. The molecule has 0 bridgehead atoms. The number of nitrogens with zero attached hydrogens (tertiary/aromatic N) is 4. The molecule has 1 aromatic heterocycles. The van der Waals surface area contributed by atoms with Crippen molar-refractivity contribution in [1.82, 2.24) is 25.2 Å². The second kappa shape index (κ2) is 8.68. The number of benzene rings is 1. The molecule has 0 atom stereocenters. The van der Waals surface area contributed by atoms with Crippen LogP contribution in [0.25, 0.3) is 0 Å². The summed E-state index contributed by atoms with van der Waals surface area (Å²) in [6.07, 6.45) is 2.95. The highest BCUT2D eigenvalue weighted by Crippen LogP contribution is 2.24. The number of piperidine rings is 1. The van der Waals surface area contributed by atoms with Gasteiger partial charge in [-0.15, -0.1) is 5.10 Å². The summed E-state index contributed by atoms with van der Waals surface area (Å²) in [5.41, 5.74) is 0.509. The van der Waals surface area contributed by atoms with Crippen molar-refractivity contribution in [2.45, 2.75) is 45.2 Å². The molecule has 9 heteroatoms. The van der Waals surface area contributed by atoms with Crippen molar-refractivity contribution in [1.29, 1.82) is 0 Å². The Morgan fingerprint density at radius 2 is 2.04 bits per heavy atom. The van der Waals surface area contributed by atoms with Gasteiger partial charge in [-0.1, -0.05) is 22.9 Å². The molecule has 3 rings (SSSR count). The van der Waals surface area contributed by atoms with E-state index in [0.29, 0.717) is 25.9 Å². The maximum atomic E-state index is 13.9. The molecule has 1 aromatic carbocycles. The van der Waals surface area contributed by atoms with Gasteiger partial charge in [-0.3, -0.25) is 9.59 Å². The number of carbonyl (C=O) groups excluding carboxylic acids is 2. The van der Waals surface area contributed by atoms with Gasteiger partial charge in [0.05, 0.1) is 18.7 Å². The molecule has 0 radical (unpaired) electrons. The highest BCUT2D eigenvalue weighted by atomic mass is 35.5. The Bertz CT molecular complexity index is 842. The van der Waals surface area contributed by atoms with E-state index in [2.05, 4.69) is 15.6 Å². The lowest BCUT2D eigenvalue weighted by atomic mass is 10.0. The smallest absolute Gasteiger partial charge is 0.273 e. The van der Waals surface area contributed by atoms with Crippen LogP contribution in [0.15, 0.2) is 24.4 Å². The maximum Gasteiger partial charge on any atom is 0.273 e. The van der Waals surface area contributed by atoms with Gasteiger partial charge in [0.15, 0.2) is 5.69 Å². The van der Waals surface area contributed by atoms with Crippen LogP contribution in [-0.2, 0) is 11.2 Å². The lowest BCUT2D eigenvalue weighted by Gasteiger charge is -2.32. The minimum Gasteiger partial charge on any atom is -0.348 e. The van der Waals surface area contributed by atoms with E-state index in [1.165, 1.54) is 12.1 Å². The monoisotopic (exact) mass is 407 g/mol. The van der Waals surface area contributed by atoms with Gasteiger partial charge in [0, 0.05) is 29.7 Å². The van der Waals surface area contributed by atoms with Crippen molar-refractivity contribution in [3.05, 3.63) is 46.5 Å². The van der Waals surface area contributed by atoms with Crippen LogP contribution in [0.2, 0.25) is 5.02 Å². The predicted molar refractivity (Wildman–Crippen MR) is 103 cm³/mol. The fraction of sp³-hybridized carbons (Fsp3) is 0.474. The fourth-order valence-electron chi connectivity index (χ4n) is 3.24. The number of amides is 2. The number of rotatable bonds is 5. The van der Waals surface area contributed by atoms with E-state index in [1.807, 2.05) is 13.8 Å². The first-order chi connectivity index (χ1) is 13.3. The SMILES string of the molecule is CC(C)NC(=O)c1cn(C2CCN(C(=O)Cc3c(F)cccc3Cl)CC2)nn1. The van der Waals surface area contributed by atoms with Gasteiger partial charge in [-0.05, 0) is 38.8 Å². The Balaban J connectivity index is 1.56. The molecular formula is C19H23ClFN5O2. The molecule has 0 aliphatic carbocycles. The molecular weight excluding hydrogens is 385 g/mol. The molecule has 2 heterocycles. The summed E-state index contributed by atoms with van der Waals surface area (Å²) in [4.78, 5) is 26.2. The van der Waals surface area contributed by atoms with Crippen LogP contribution < -0.4 is 5.32 Å². The molecule has 1 N–H and O–H groups in total. The van der Waals surface area contributed by atoms with E-state index >= 15 is 0 Å². The molecule has 1 aliphatic rings. The van der Waals surface area contributed by atoms with Crippen LogP contribution in [0.4, 0.5) is 4.39 Å². The Hall–Kier alpha value is -2.48. The van der Waals surface area contributed by atoms with Crippen molar-refractivity contribution < 1.29 is 14.0 Å². The number of carbonyl (C=O) groups is 2. The van der Waals surface area contributed by atoms with Crippen LogP contribution in [0.5, 0.6) is 0 Å². The minimum absolute atomic E-state index is 0.0230. The van der Waals surface area contributed by atoms with Crippen molar-refractivity contribution in [2.75, 3.05) is 13.1 Å². The van der Waals surface area contributed by atoms with Crippen molar-refractivity contribution >= 4 is 23.4 Å². The molecule has 1 fully saturated rings. The Morgan fingerprint density at radius 3 is 2.68 bits per heavy atom. The van der Waals surface area contributed by atoms with Crippen LogP contribution in [-0.4, -0.2) is 50.8 Å². The van der Waals surface area contributed by atoms with Crippen LogP contribution in [0.3, 0.4) is 0 Å². The molecule has 2 aromatic rings. The summed E-state index contributed by atoms with van der Waals surface area (Å²) in [6.45, 7) is 4.82. The first kappa shape index (κ1) is 20.3. The summed E-state index contributed by atoms with van der Waals surface area (Å²) < 4.78 is 15.6. The van der Waals surface area contributed by atoms with E-state index < -0.39 is 5.82 Å². The first-order valence-corrected chi connectivity index (χ1v) is 9.66. The number of nitrogens with one attached hydrogen (secondary N) is 1. The number of hydrogen-bond acceptors (Lipinski definition) is 4. The van der Waals surface area contributed by atoms with Crippen molar-refractivity contribution in [3.8, 4) is 0 Å². The minimum atomic E-state index is -0.467. The van der Waals surface area contributed by atoms with Gasteiger partial charge < -0.3 is 10.2 Å². The van der Waals surface area contributed by atoms with Gasteiger partial charge in [0.25, 0.3) is 5.91 Å². The summed E-state index contributed by atoms with van der Waals surface area (Å²) in [7, 11) is 0. The maximum absolute atomic E-state index is 13.9. The largest absolute Gasteiger partial charge is 0.348 e. The van der Waals surface area contributed by atoms with Gasteiger partial charge in [-0.25, -0.2) is 9.07 Å². The normalized spacial score (nSPS) is 15.1. The van der Waals surface area contributed by atoms with Gasteiger partial charge in [-0.2, -0.15) is 0 Å². The predicted octanol–water partition coefficient (Wildman–Crippen LogP) is 2.62. The molecule has 0 unspecified atom stereocenters. The summed E-state index contributed by atoms with van der Waals surface area (Å²) in [6, 6.07) is 4.49. The highest BCUT2D eigenvalue weighted by molar-refractivity contribution is 6.31. The van der Waals surface area contributed by atoms with E-state index in [-0.39, 0.29) is 46.6 Å². The summed E-state index contributed by atoms with van der Waals surface area (Å²) in [5, 5.41) is 11.0. The molecule has 0 saturated carbocycles. The van der Waals surface area contributed by atoms with E-state index in [4.69, 9.17) is 11.6 Å². The van der Waals surface area contributed by atoms with Gasteiger partial charge in [0.2, 0.25) is 5.91 Å². The van der Waals surface area contributed by atoms with Gasteiger partial charge in [0.1, 0.15) is 5.82 Å². The molecule has 28 heavy (non-hydrogen) atoms. The summed E-state index contributed by atoms with van der Waals surface area (Å²) in [5.74, 6) is -0.873. The number of aromatic nitrogens is 3. The van der Waals surface area contributed by atoms with Crippen LogP contribution in [0.1, 0.15) is 48.8 Å². The van der Waals surface area contributed by atoms with E-state index in [1.54, 1.807) is 21.8 Å². The third-order valence-electron chi connectivity index (χ3n) is 4.74. The van der Waals surface area contributed by atoms with Crippen molar-refractivity contribution in [2.24, 2.45) is 0 Å². The number of likely N-dealkylation sites (tertiary alicyclic amines) is 1. The standard InChI is InChI=1S/C19H23ClFN5O2/c1-12(2)22-19(28)17-11-26(24-23-17)13-6-8-25(9-7-13)18(27)10-14-15(20)4-3-5-16(14)21/h3-5,11-13H,6-10H2,1-2H3,(H,22,28). The van der Waals surface area contributed by atoms with Crippen molar-refractivity contribution in [3.63, 3.8) is 0 Å². The third kappa shape index (κ3) is 4.67. The highest BCUT2D eigenvalue weighted by Gasteiger charge is 2.26. The van der Waals surface area contributed by atoms with Crippen LogP contribution >= 0.6 is 11.6 Å². The topological polar surface area (TPSA) is 80.1 Å². The second-order valence-electron chi connectivity index (χ2n) is 7.20. The Labute approximate surface area is 167 Å². The molecule has 1 aliphatic heterocycles. The average Bonchev–Trinajstić information content (AvgIpc) is 3.15. The zero-order valence-electron chi connectivity index (χ0n) is 15.9. The lowest BCUT2D eigenvalue weighted by Crippen LogP contribution is -2.40. The van der Waals surface area contributed by atoms with Gasteiger partial charge >= 0.3 is 0 Å². The molecule has 150 valence electrons. The summed E-state index contributed by atoms with van der Waals surface area (Å²) >= 11 is 6.01. The third-order valence-corrected chi connectivity index (χ3v) is 5.10. The van der Waals surface area contributed by atoms with E-state index in [9.17, 15) is 14.0 Å². The molecule has 1 saturated heterocycles. The first-order valence-electron chi connectivity index (χ1n) is 9.28. The molecule has 7 nitrogen and oxygen atoms in total. The quantitative estimate of drug-likeness (QED) is 0.826. The molecule has 2 amide bonds. The number of hydrogen-bond donors (Lipinski definition) is 1. The zero-order valence-corrected chi connectivity index (χ0v) is 16.6. The van der Waals surface area contributed by atoms with E-state index in [0.717, 1.165) is 0 Å². The average molecular weight is 408 g/mol. The van der Waals surface area contributed by atoms with Crippen LogP contribution in [0, 0.1) is 5.82 Å². The Kier molecular flexibility index (Phi) is 6.28. The number of halogens is 2. The second-order valence-corrected chi connectivity index (χ2v) is 7.61. The lowest BCUT2D eigenvalue weighted by molar-refractivity contribution is -0.131. The Morgan fingerprint density at radius 1 is 1.32 bits per heavy atom.